The summed E-state index contributed by atoms with van der Waals surface area (Å²) in [6.45, 7) is 0.421. The Morgan fingerprint density at radius 2 is 1.82 bits per heavy atom. The van der Waals surface area contributed by atoms with Crippen molar-refractivity contribution in [1.29, 1.82) is 0 Å². The van der Waals surface area contributed by atoms with E-state index in [4.69, 9.17) is 27.9 Å². The molecule has 2 nitrogen and oxygen atoms in total. The zero-order valence-electron chi connectivity index (χ0n) is 12.2. The lowest BCUT2D eigenvalue weighted by Gasteiger charge is -2.11. The fraction of sp³-hybridized carbons (Fsp3) is 0.278. The second-order valence-electron chi connectivity index (χ2n) is 4.98. The Morgan fingerprint density at radius 3 is 2.55 bits per heavy atom. The topological polar surface area (TPSA) is 26.3 Å². The first-order chi connectivity index (χ1) is 10.7. The molecule has 0 aliphatic rings. The Morgan fingerprint density at radius 1 is 1.05 bits per heavy atom. The van der Waals surface area contributed by atoms with Crippen molar-refractivity contribution in [2.75, 3.05) is 5.88 Å². The van der Waals surface area contributed by atoms with E-state index in [0.29, 0.717) is 35.2 Å². The number of ether oxygens (including phenoxy) is 1. The van der Waals surface area contributed by atoms with Gasteiger partial charge in [0.15, 0.2) is 5.78 Å². The largest absolute Gasteiger partial charge is 0.488 e. The third kappa shape index (κ3) is 5.04. The Hall–Kier alpha value is -1.51. The molecule has 2 aromatic carbocycles. The average Bonchev–Trinajstić information content (AvgIpc) is 2.54. The minimum Gasteiger partial charge on any atom is -0.488 e. The van der Waals surface area contributed by atoms with Crippen molar-refractivity contribution in [3.05, 3.63) is 64.7 Å². The fourth-order valence-electron chi connectivity index (χ4n) is 2.10. The van der Waals surface area contributed by atoms with Gasteiger partial charge in [-0.2, -0.15) is 0 Å². The Balaban J connectivity index is 2.08. The fourth-order valence-corrected chi connectivity index (χ4v) is 2.46. The van der Waals surface area contributed by atoms with Crippen LogP contribution in [0.5, 0.6) is 5.75 Å². The summed E-state index contributed by atoms with van der Waals surface area (Å²) in [5.41, 5.74) is 1.59. The molecule has 0 radical (unpaired) electrons. The van der Waals surface area contributed by atoms with E-state index in [1.807, 2.05) is 30.3 Å². The first-order valence-corrected chi connectivity index (χ1v) is 8.17. The SMILES string of the molecule is O=C(CCCCCl)c1cc(Cl)ccc1OCc1ccccc1. The number of benzene rings is 2. The number of hydrogen-bond donors (Lipinski definition) is 0. The third-order valence-corrected chi connectivity index (χ3v) is 3.77. The molecular formula is C18H18Cl2O2. The maximum Gasteiger partial charge on any atom is 0.166 e. The van der Waals surface area contributed by atoms with Gasteiger partial charge < -0.3 is 4.74 Å². The van der Waals surface area contributed by atoms with E-state index in [0.717, 1.165) is 18.4 Å². The summed E-state index contributed by atoms with van der Waals surface area (Å²) in [6, 6.07) is 15.0. The van der Waals surface area contributed by atoms with Crippen LogP contribution in [0.25, 0.3) is 0 Å². The zero-order chi connectivity index (χ0) is 15.8. The molecule has 22 heavy (non-hydrogen) atoms. The van der Waals surface area contributed by atoms with Gasteiger partial charge in [0.2, 0.25) is 0 Å². The Bertz CT molecular complexity index is 612. The first-order valence-electron chi connectivity index (χ1n) is 7.26. The maximum atomic E-state index is 12.3. The van der Waals surface area contributed by atoms with Gasteiger partial charge in [0.25, 0.3) is 0 Å². The van der Waals surface area contributed by atoms with Crippen LogP contribution < -0.4 is 4.74 Å². The van der Waals surface area contributed by atoms with E-state index in [1.165, 1.54) is 0 Å². The molecule has 0 fully saturated rings. The van der Waals surface area contributed by atoms with Crippen LogP contribution in [-0.4, -0.2) is 11.7 Å². The van der Waals surface area contributed by atoms with Gasteiger partial charge in [-0.15, -0.1) is 11.6 Å². The third-order valence-electron chi connectivity index (χ3n) is 3.27. The molecule has 0 aliphatic carbocycles. The van der Waals surface area contributed by atoms with Crippen molar-refractivity contribution in [2.45, 2.75) is 25.9 Å². The van der Waals surface area contributed by atoms with Crippen LogP contribution in [0.4, 0.5) is 0 Å². The number of halogens is 2. The normalized spacial score (nSPS) is 10.5. The molecule has 0 spiro atoms. The number of ketones is 1. The molecule has 0 bridgehead atoms. The van der Waals surface area contributed by atoms with Crippen LogP contribution in [0.2, 0.25) is 5.02 Å². The van der Waals surface area contributed by atoms with E-state index < -0.39 is 0 Å². The highest BCUT2D eigenvalue weighted by atomic mass is 35.5. The molecule has 0 unspecified atom stereocenters. The highest BCUT2D eigenvalue weighted by Crippen LogP contribution is 2.25. The van der Waals surface area contributed by atoms with Gasteiger partial charge in [-0.3, -0.25) is 4.79 Å². The number of hydrogen-bond acceptors (Lipinski definition) is 2. The summed E-state index contributed by atoms with van der Waals surface area (Å²) in [4.78, 5) is 12.3. The molecule has 0 saturated carbocycles. The molecule has 2 aromatic rings. The summed E-state index contributed by atoms with van der Waals surface area (Å²) in [5, 5.41) is 0.535. The lowest BCUT2D eigenvalue weighted by Crippen LogP contribution is -2.04. The molecule has 0 heterocycles. The predicted molar refractivity (Wildman–Crippen MR) is 91.1 cm³/mol. The molecule has 2 rings (SSSR count). The number of carbonyl (C=O) groups is 1. The minimum atomic E-state index is 0.0377. The van der Waals surface area contributed by atoms with Gasteiger partial charge in [0.05, 0.1) is 5.56 Å². The van der Waals surface area contributed by atoms with Crippen LogP contribution in [-0.2, 0) is 6.61 Å². The summed E-state index contributed by atoms with van der Waals surface area (Å²) >= 11 is 11.7. The van der Waals surface area contributed by atoms with Gasteiger partial charge >= 0.3 is 0 Å². The minimum absolute atomic E-state index is 0.0377. The summed E-state index contributed by atoms with van der Waals surface area (Å²) in [5.74, 6) is 1.18. The molecule has 0 aromatic heterocycles. The molecular weight excluding hydrogens is 319 g/mol. The number of unbranched alkanes of at least 4 members (excludes halogenated alkanes) is 1. The number of alkyl halides is 1. The molecule has 0 atom stereocenters. The maximum absolute atomic E-state index is 12.3. The first kappa shape index (κ1) is 16.9. The standard InChI is InChI=1S/C18H18Cl2O2/c19-11-5-4-8-17(21)16-12-15(20)9-10-18(16)22-13-14-6-2-1-3-7-14/h1-3,6-7,9-10,12H,4-5,8,11,13H2. The number of Topliss-reactive ketones (excluding diaryl/α,β-unsaturated/α-hetero) is 1. The van der Waals surface area contributed by atoms with E-state index in [1.54, 1.807) is 18.2 Å². The summed E-state index contributed by atoms with van der Waals surface area (Å²) in [7, 11) is 0. The van der Waals surface area contributed by atoms with Gasteiger partial charge in [-0.25, -0.2) is 0 Å². The van der Waals surface area contributed by atoms with Crippen molar-refractivity contribution in [3.63, 3.8) is 0 Å². The highest BCUT2D eigenvalue weighted by molar-refractivity contribution is 6.31. The van der Waals surface area contributed by atoms with Crippen LogP contribution in [0.3, 0.4) is 0 Å². The van der Waals surface area contributed by atoms with Crippen molar-refractivity contribution in [1.82, 2.24) is 0 Å². The van der Waals surface area contributed by atoms with Crippen molar-refractivity contribution in [3.8, 4) is 5.75 Å². The van der Waals surface area contributed by atoms with E-state index in [-0.39, 0.29) is 5.78 Å². The lowest BCUT2D eigenvalue weighted by atomic mass is 10.0. The second kappa shape index (κ2) is 8.82. The Kier molecular flexibility index (Phi) is 6.75. The quantitative estimate of drug-likeness (QED) is 0.361. The van der Waals surface area contributed by atoms with E-state index in [9.17, 15) is 4.79 Å². The van der Waals surface area contributed by atoms with E-state index in [2.05, 4.69) is 0 Å². The van der Waals surface area contributed by atoms with E-state index >= 15 is 0 Å². The Labute approximate surface area is 141 Å². The predicted octanol–water partition coefficient (Wildman–Crippen LogP) is 5.51. The van der Waals surface area contributed by atoms with Gasteiger partial charge in [-0.1, -0.05) is 41.9 Å². The van der Waals surface area contributed by atoms with Crippen molar-refractivity contribution < 1.29 is 9.53 Å². The average molecular weight is 337 g/mol. The van der Waals surface area contributed by atoms with Crippen LogP contribution in [0.15, 0.2) is 48.5 Å². The van der Waals surface area contributed by atoms with Gasteiger partial charge in [0, 0.05) is 17.3 Å². The second-order valence-corrected chi connectivity index (χ2v) is 5.80. The smallest absolute Gasteiger partial charge is 0.166 e. The highest BCUT2D eigenvalue weighted by Gasteiger charge is 2.13. The lowest BCUT2D eigenvalue weighted by molar-refractivity contribution is 0.0975. The molecule has 0 aliphatic heterocycles. The number of rotatable bonds is 8. The summed E-state index contributed by atoms with van der Waals surface area (Å²) in [6.07, 6.45) is 2.05. The van der Waals surface area contributed by atoms with Crippen molar-refractivity contribution >= 4 is 29.0 Å². The molecule has 4 heteroatoms. The number of carbonyl (C=O) groups excluding carboxylic acids is 1. The molecule has 0 saturated heterocycles. The van der Waals surface area contributed by atoms with Gasteiger partial charge in [-0.05, 0) is 36.6 Å². The molecule has 0 amide bonds. The molecule has 116 valence electrons. The van der Waals surface area contributed by atoms with Crippen LogP contribution in [0.1, 0.15) is 35.2 Å². The van der Waals surface area contributed by atoms with Crippen molar-refractivity contribution in [2.24, 2.45) is 0 Å². The molecule has 0 N–H and O–H groups in total. The zero-order valence-corrected chi connectivity index (χ0v) is 13.7. The van der Waals surface area contributed by atoms with Crippen LogP contribution >= 0.6 is 23.2 Å². The van der Waals surface area contributed by atoms with Gasteiger partial charge in [0.1, 0.15) is 12.4 Å². The monoisotopic (exact) mass is 336 g/mol. The van der Waals surface area contributed by atoms with Crippen LogP contribution in [0, 0.1) is 0 Å². The summed E-state index contributed by atoms with van der Waals surface area (Å²) < 4.78 is 5.80.